The number of nitrogens with zero attached hydrogens (tertiary/aromatic N) is 2. The van der Waals surface area contributed by atoms with Gasteiger partial charge in [-0.3, -0.25) is 4.99 Å². The van der Waals surface area contributed by atoms with Crippen LogP contribution in [0.25, 0.3) is 0 Å². The molecule has 118 valence electrons. The molecule has 2 aliphatic rings. The molecule has 1 aromatic heterocycles. The number of nitrogens with two attached hydrogens (primary N) is 1. The summed E-state index contributed by atoms with van der Waals surface area (Å²) in [5, 5.41) is 3.99. The highest BCUT2D eigenvalue weighted by molar-refractivity contribution is 6.01. The maximum Gasteiger partial charge on any atom is 0.186 e. The summed E-state index contributed by atoms with van der Waals surface area (Å²) in [6.07, 6.45) is 13.0. The first-order valence-corrected chi connectivity index (χ1v) is 8.03. The monoisotopic (exact) mass is 301 g/mol. The molecule has 2 heterocycles. The third-order valence-corrected chi connectivity index (χ3v) is 4.25. The van der Waals surface area contributed by atoms with Gasteiger partial charge in [0.1, 0.15) is 5.76 Å². The van der Waals surface area contributed by atoms with Gasteiger partial charge in [-0.15, -0.1) is 0 Å². The first-order valence-electron chi connectivity index (χ1n) is 8.03. The summed E-state index contributed by atoms with van der Waals surface area (Å²) in [6.45, 7) is 2.30. The van der Waals surface area contributed by atoms with Gasteiger partial charge in [0.2, 0.25) is 0 Å². The van der Waals surface area contributed by atoms with Gasteiger partial charge in [0.05, 0.1) is 23.7 Å². The number of rotatable bonds is 4. The van der Waals surface area contributed by atoms with Crippen LogP contribution in [-0.2, 0) is 11.3 Å². The summed E-state index contributed by atoms with van der Waals surface area (Å²) in [5.41, 5.74) is 8.38. The van der Waals surface area contributed by atoms with Crippen LogP contribution in [0.1, 0.15) is 55.5 Å². The highest BCUT2D eigenvalue weighted by Crippen LogP contribution is 2.24. The molecular weight excluding hydrogens is 278 g/mol. The Hall–Kier alpha value is -1.88. The molecule has 0 atom stereocenters. The molecule has 5 nitrogen and oxygen atoms in total. The Morgan fingerprint density at radius 3 is 2.91 bits per heavy atom. The quantitative estimate of drug-likeness (QED) is 0.925. The van der Waals surface area contributed by atoms with Crippen LogP contribution in [-0.4, -0.2) is 17.0 Å². The first kappa shape index (κ1) is 15.0. The number of aliphatic imine (C=N–C) groups is 1. The van der Waals surface area contributed by atoms with Crippen molar-refractivity contribution in [2.45, 2.75) is 58.1 Å². The number of aryl methyl sites for hydroxylation is 1. The molecule has 0 bridgehead atoms. The van der Waals surface area contributed by atoms with E-state index >= 15 is 0 Å². The summed E-state index contributed by atoms with van der Waals surface area (Å²) < 4.78 is 11.5. The highest BCUT2D eigenvalue weighted by Gasteiger charge is 2.18. The number of hydrogen-bond donors (Lipinski definition) is 1. The summed E-state index contributed by atoms with van der Waals surface area (Å²) in [7, 11) is 0. The van der Waals surface area contributed by atoms with Crippen molar-refractivity contribution in [2.24, 2.45) is 10.7 Å². The second-order valence-corrected chi connectivity index (χ2v) is 5.87. The minimum Gasteiger partial charge on any atom is -0.489 e. The molecule has 3 rings (SSSR count). The van der Waals surface area contributed by atoms with Crippen LogP contribution in [0.2, 0.25) is 0 Å². The SMILES string of the molecule is Cc1noc(C2=NC=C(OC3CCCCC3)C=CC2)c1CN. The Kier molecular flexibility index (Phi) is 4.73. The van der Waals surface area contributed by atoms with E-state index in [4.69, 9.17) is 15.0 Å². The lowest BCUT2D eigenvalue weighted by atomic mass is 9.98. The highest BCUT2D eigenvalue weighted by atomic mass is 16.5. The van der Waals surface area contributed by atoms with Crippen molar-refractivity contribution in [3.63, 3.8) is 0 Å². The average molecular weight is 301 g/mol. The number of ether oxygens (including phenoxy) is 1. The van der Waals surface area contributed by atoms with Crippen molar-refractivity contribution in [3.8, 4) is 0 Å². The first-order chi connectivity index (χ1) is 10.8. The van der Waals surface area contributed by atoms with E-state index in [0.717, 1.165) is 35.6 Å². The van der Waals surface area contributed by atoms with Crippen molar-refractivity contribution in [3.05, 3.63) is 41.1 Å². The molecule has 0 spiro atoms. The lowest BCUT2D eigenvalue weighted by Crippen LogP contribution is -2.15. The molecule has 1 aromatic rings. The maximum atomic E-state index is 6.05. The van der Waals surface area contributed by atoms with E-state index in [1.165, 1.54) is 19.3 Å². The summed E-state index contributed by atoms with van der Waals surface area (Å²) in [6, 6.07) is 0. The second kappa shape index (κ2) is 6.92. The van der Waals surface area contributed by atoms with Crippen molar-refractivity contribution in [2.75, 3.05) is 0 Å². The molecule has 0 unspecified atom stereocenters. The van der Waals surface area contributed by atoms with Gasteiger partial charge >= 0.3 is 0 Å². The molecule has 1 fully saturated rings. The number of hydrogen-bond acceptors (Lipinski definition) is 5. The molecule has 0 aromatic carbocycles. The lowest BCUT2D eigenvalue weighted by Gasteiger charge is -2.23. The minimum atomic E-state index is 0.327. The smallest absolute Gasteiger partial charge is 0.186 e. The molecule has 2 N–H and O–H groups in total. The van der Waals surface area contributed by atoms with E-state index in [1.54, 1.807) is 6.20 Å². The summed E-state index contributed by atoms with van der Waals surface area (Å²) >= 11 is 0. The molecule has 0 saturated heterocycles. The van der Waals surface area contributed by atoms with Gasteiger partial charge in [-0.2, -0.15) is 0 Å². The van der Waals surface area contributed by atoms with Crippen molar-refractivity contribution in [1.29, 1.82) is 0 Å². The van der Waals surface area contributed by atoms with E-state index in [2.05, 4.69) is 16.2 Å². The summed E-state index contributed by atoms with van der Waals surface area (Å²) in [4.78, 5) is 4.54. The van der Waals surface area contributed by atoms with E-state index in [-0.39, 0.29) is 0 Å². The molecule has 1 aliphatic heterocycles. The standard InChI is InChI=1S/C17H23N3O2/c1-12-15(10-18)17(22-20-12)16-9-5-8-14(11-19-16)21-13-6-3-2-4-7-13/h5,8,11,13H,2-4,6-7,9-10,18H2,1H3. The average Bonchev–Trinajstić information content (AvgIpc) is 2.76. The van der Waals surface area contributed by atoms with Crippen molar-refractivity contribution in [1.82, 2.24) is 5.16 Å². The molecule has 1 saturated carbocycles. The predicted molar refractivity (Wildman–Crippen MR) is 85.5 cm³/mol. The van der Waals surface area contributed by atoms with Gasteiger partial charge in [-0.25, -0.2) is 0 Å². The normalized spacial score (nSPS) is 19.5. The van der Waals surface area contributed by atoms with Crippen LogP contribution in [0.5, 0.6) is 0 Å². The van der Waals surface area contributed by atoms with E-state index < -0.39 is 0 Å². The second-order valence-electron chi connectivity index (χ2n) is 5.87. The fourth-order valence-electron chi connectivity index (χ4n) is 2.98. The van der Waals surface area contributed by atoms with Gasteiger partial charge < -0.3 is 15.0 Å². The Morgan fingerprint density at radius 2 is 2.14 bits per heavy atom. The molecule has 1 aliphatic carbocycles. The fraction of sp³-hybridized carbons (Fsp3) is 0.529. The molecular formula is C17H23N3O2. The zero-order valence-electron chi connectivity index (χ0n) is 13.0. The largest absolute Gasteiger partial charge is 0.489 e. The molecule has 22 heavy (non-hydrogen) atoms. The van der Waals surface area contributed by atoms with Gasteiger partial charge in [0, 0.05) is 18.5 Å². The van der Waals surface area contributed by atoms with Crippen LogP contribution >= 0.6 is 0 Å². The predicted octanol–water partition coefficient (Wildman–Crippen LogP) is 3.38. The van der Waals surface area contributed by atoms with Crippen LogP contribution in [0.4, 0.5) is 0 Å². The van der Waals surface area contributed by atoms with Crippen LogP contribution in [0.15, 0.2) is 33.6 Å². The molecule has 0 amide bonds. The maximum absolute atomic E-state index is 6.05. The lowest BCUT2D eigenvalue weighted by molar-refractivity contribution is 0.0897. The topological polar surface area (TPSA) is 73.6 Å². The molecule has 5 heteroatoms. The number of allylic oxidation sites excluding steroid dienone is 2. The Balaban J connectivity index is 1.76. The van der Waals surface area contributed by atoms with E-state index in [1.807, 2.05) is 13.0 Å². The molecule has 0 radical (unpaired) electrons. The van der Waals surface area contributed by atoms with E-state index in [9.17, 15) is 0 Å². The van der Waals surface area contributed by atoms with Crippen LogP contribution < -0.4 is 5.73 Å². The van der Waals surface area contributed by atoms with Gasteiger partial charge in [0.25, 0.3) is 0 Å². The number of aromatic nitrogens is 1. The van der Waals surface area contributed by atoms with E-state index in [0.29, 0.717) is 24.8 Å². The van der Waals surface area contributed by atoms with Gasteiger partial charge in [-0.1, -0.05) is 17.7 Å². The third-order valence-electron chi connectivity index (χ3n) is 4.25. The van der Waals surface area contributed by atoms with Gasteiger partial charge in [-0.05, 0) is 38.7 Å². The Labute approximate surface area is 130 Å². The van der Waals surface area contributed by atoms with Gasteiger partial charge in [0.15, 0.2) is 5.76 Å². The fourth-order valence-corrected chi connectivity index (χ4v) is 2.98. The minimum absolute atomic E-state index is 0.327. The third kappa shape index (κ3) is 3.30. The van der Waals surface area contributed by atoms with Crippen LogP contribution in [0.3, 0.4) is 0 Å². The zero-order valence-corrected chi connectivity index (χ0v) is 13.0. The van der Waals surface area contributed by atoms with Crippen molar-refractivity contribution < 1.29 is 9.26 Å². The Morgan fingerprint density at radius 1 is 1.32 bits per heavy atom. The summed E-state index contributed by atoms with van der Waals surface area (Å²) in [5.74, 6) is 1.52. The zero-order chi connectivity index (χ0) is 15.4. The van der Waals surface area contributed by atoms with Crippen molar-refractivity contribution >= 4 is 5.71 Å². The van der Waals surface area contributed by atoms with Crippen LogP contribution in [0, 0.1) is 6.92 Å². The Bertz CT molecular complexity index is 607.